The molecule has 3 rings (SSSR count). The highest BCUT2D eigenvalue weighted by Crippen LogP contribution is 2.20. The summed E-state index contributed by atoms with van der Waals surface area (Å²) in [5, 5.41) is 11.7. The van der Waals surface area contributed by atoms with Gasteiger partial charge in [-0.25, -0.2) is 4.98 Å². The number of nitriles is 1. The van der Waals surface area contributed by atoms with Crippen LogP contribution in [0.2, 0.25) is 0 Å². The Morgan fingerprint density at radius 3 is 2.95 bits per heavy atom. The van der Waals surface area contributed by atoms with Gasteiger partial charge in [0.15, 0.2) is 0 Å². The summed E-state index contributed by atoms with van der Waals surface area (Å²) in [5.74, 6) is -0.266. The maximum atomic E-state index is 12.2. The Balaban J connectivity index is 1.93. The first-order chi connectivity index (χ1) is 9.78. The van der Waals surface area contributed by atoms with Gasteiger partial charge in [-0.3, -0.25) is 4.79 Å². The Morgan fingerprint density at radius 2 is 2.10 bits per heavy atom. The molecule has 1 heterocycles. The molecule has 0 aliphatic heterocycles. The van der Waals surface area contributed by atoms with Gasteiger partial charge in [0.2, 0.25) is 0 Å². The van der Waals surface area contributed by atoms with Crippen molar-refractivity contribution in [1.82, 2.24) is 9.97 Å². The second-order valence-corrected chi connectivity index (χ2v) is 4.25. The van der Waals surface area contributed by atoms with Crippen molar-refractivity contribution in [2.75, 3.05) is 5.32 Å². The average Bonchev–Trinajstić information content (AvgIpc) is 2.97. The molecular weight excluding hydrogens is 252 g/mol. The number of amides is 1. The predicted octanol–water partition coefficient (Wildman–Crippen LogP) is 2.69. The number of nitrogens with zero attached hydrogens (tertiary/aromatic N) is 2. The third-order valence-corrected chi connectivity index (χ3v) is 2.95. The van der Waals surface area contributed by atoms with Crippen molar-refractivity contribution in [3.8, 4) is 6.07 Å². The number of aromatic nitrogens is 2. The van der Waals surface area contributed by atoms with Gasteiger partial charge in [0.1, 0.15) is 5.52 Å². The molecule has 2 N–H and O–H groups in total. The van der Waals surface area contributed by atoms with Crippen LogP contribution in [0.15, 0.2) is 48.8 Å². The maximum absolute atomic E-state index is 12.2. The lowest BCUT2D eigenvalue weighted by Gasteiger charge is -2.06. The quantitative estimate of drug-likeness (QED) is 0.745. The molecule has 3 aromatic rings. The molecule has 0 spiro atoms. The van der Waals surface area contributed by atoms with E-state index in [9.17, 15) is 4.79 Å². The molecule has 1 amide bonds. The van der Waals surface area contributed by atoms with Crippen LogP contribution < -0.4 is 5.32 Å². The van der Waals surface area contributed by atoms with Crippen molar-refractivity contribution in [3.05, 3.63) is 59.9 Å². The third kappa shape index (κ3) is 2.10. The number of carbonyl (C=O) groups is 1. The van der Waals surface area contributed by atoms with E-state index in [4.69, 9.17) is 5.26 Å². The molecule has 0 saturated carbocycles. The standard InChI is InChI=1S/C15H10N4O/c16-8-10-3-1-4-11(7-10)15(20)19-13-6-2-5-12-14(13)18-9-17-12/h1-7,9H,(H,17,18)(H,19,20). The minimum absolute atomic E-state index is 0.266. The number of carbonyl (C=O) groups excluding carboxylic acids is 1. The summed E-state index contributed by atoms with van der Waals surface area (Å²) in [5.41, 5.74) is 3.09. The summed E-state index contributed by atoms with van der Waals surface area (Å²) < 4.78 is 0. The Bertz CT molecular complexity index is 829. The van der Waals surface area contributed by atoms with Crippen LogP contribution in [0.5, 0.6) is 0 Å². The molecule has 20 heavy (non-hydrogen) atoms. The molecule has 0 atom stereocenters. The fraction of sp³-hybridized carbons (Fsp3) is 0. The van der Waals surface area contributed by atoms with Gasteiger partial charge in [-0.2, -0.15) is 5.26 Å². The summed E-state index contributed by atoms with van der Waals surface area (Å²) in [7, 11) is 0. The average molecular weight is 262 g/mol. The number of H-pyrrole nitrogens is 1. The van der Waals surface area contributed by atoms with E-state index in [0.29, 0.717) is 22.3 Å². The van der Waals surface area contributed by atoms with Crippen LogP contribution in [0.25, 0.3) is 11.0 Å². The van der Waals surface area contributed by atoms with Gasteiger partial charge in [-0.1, -0.05) is 12.1 Å². The van der Waals surface area contributed by atoms with Gasteiger partial charge >= 0.3 is 0 Å². The fourth-order valence-corrected chi connectivity index (χ4v) is 1.99. The molecule has 0 fully saturated rings. The summed E-state index contributed by atoms with van der Waals surface area (Å²) in [6.07, 6.45) is 1.58. The first-order valence-corrected chi connectivity index (χ1v) is 6.01. The van der Waals surface area contributed by atoms with E-state index in [1.807, 2.05) is 18.2 Å². The monoisotopic (exact) mass is 262 g/mol. The van der Waals surface area contributed by atoms with E-state index in [1.165, 1.54) is 0 Å². The lowest BCUT2D eigenvalue weighted by molar-refractivity contribution is 0.102. The van der Waals surface area contributed by atoms with Gasteiger partial charge in [0, 0.05) is 5.56 Å². The lowest BCUT2D eigenvalue weighted by Crippen LogP contribution is -2.12. The molecule has 0 bridgehead atoms. The topological polar surface area (TPSA) is 81.6 Å². The van der Waals surface area contributed by atoms with E-state index < -0.39 is 0 Å². The third-order valence-electron chi connectivity index (χ3n) is 2.95. The number of nitrogens with one attached hydrogen (secondary N) is 2. The number of benzene rings is 2. The van der Waals surface area contributed by atoms with Gasteiger partial charge < -0.3 is 10.3 Å². The van der Waals surface area contributed by atoms with E-state index >= 15 is 0 Å². The Hall–Kier alpha value is -3.13. The number of rotatable bonds is 2. The summed E-state index contributed by atoms with van der Waals surface area (Å²) in [6.45, 7) is 0. The largest absolute Gasteiger partial charge is 0.345 e. The SMILES string of the molecule is N#Cc1cccc(C(=O)Nc2cccc3[nH]cnc23)c1. The highest BCUT2D eigenvalue weighted by Gasteiger charge is 2.09. The van der Waals surface area contributed by atoms with E-state index in [-0.39, 0.29) is 5.91 Å². The van der Waals surface area contributed by atoms with E-state index in [0.717, 1.165) is 5.52 Å². The van der Waals surface area contributed by atoms with Crippen LogP contribution in [-0.4, -0.2) is 15.9 Å². The van der Waals surface area contributed by atoms with Gasteiger partial charge in [0.25, 0.3) is 5.91 Å². The minimum atomic E-state index is -0.266. The van der Waals surface area contributed by atoms with E-state index in [2.05, 4.69) is 15.3 Å². The zero-order valence-corrected chi connectivity index (χ0v) is 10.4. The van der Waals surface area contributed by atoms with Crippen molar-refractivity contribution in [2.24, 2.45) is 0 Å². The minimum Gasteiger partial charge on any atom is -0.345 e. The number of hydrogen-bond donors (Lipinski definition) is 2. The van der Waals surface area contributed by atoms with Gasteiger partial charge in [0.05, 0.1) is 29.2 Å². The Morgan fingerprint density at radius 1 is 1.25 bits per heavy atom. The van der Waals surface area contributed by atoms with Crippen molar-refractivity contribution in [1.29, 1.82) is 5.26 Å². The molecule has 0 unspecified atom stereocenters. The van der Waals surface area contributed by atoms with E-state index in [1.54, 1.807) is 36.7 Å². The molecular formula is C15H10N4O. The summed E-state index contributed by atoms with van der Waals surface area (Å²) >= 11 is 0. The number of fused-ring (bicyclic) bond motifs is 1. The molecule has 5 heteroatoms. The van der Waals surface area contributed by atoms with Crippen molar-refractivity contribution in [3.63, 3.8) is 0 Å². The predicted molar refractivity (Wildman–Crippen MR) is 75.2 cm³/mol. The smallest absolute Gasteiger partial charge is 0.255 e. The zero-order valence-electron chi connectivity index (χ0n) is 10.4. The summed E-state index contributed by atoms with van der Waals surface area (Å²) in [6, 6.07) is 14.1. The maximum Gasteiger partial charge on any atom is 0.255 e. The van der Waals surface area contributed by atoms with Crippen LogP contribution in [0.3, 0.4) is 0 Å². The van der Waals surface area contributed by atoms with Crippen LogP contribution in [0, 0.1) is 11.3 Å². The lowest BCUT2D eigenvalue weighted by atomic mass is 10.1. The number of para-hydroxylation sites is 1. The van der Waals surface area contributed by atoms with Crippen LogP contribution in [0.4, 0.5) is 5.69 Å². The molecule has 0 aliphatic rings. The molecule has 5 nitrogen and oxygen atoms in total. The normalized spacial score (nSPS) is 10.2. The second kappa shape index (κ2) is 4.86. The second-order valence-electron chi connectivity index (χ2n) is 4.25. The Kier molecular flexibility index (Phi) is 2.90. The van der Waals surface area contributed by atoms with Crippen molar-refractivity contribution < 1.29 is 4.79 Å². The van der Waals surface area contributed by atoms with Gasteiger partial charge in [-0.15, -0.1) is 0 Å². The van der Waals surface area contributed by atoms with Crippen LogP contribution in [-0.2, 0) is 0 Å². The van der Waals surface area contributed by atoms with Crippen LogP contribution in [0.1, 0.15) is 15.9 Å². The zero-order chi connectivity index (χ0) is 13.9. The summed E-state index contributed by atoms with van der Waals surface area (Å²) in [4.78, 5) is 19.4. The fourth-order valence-electron chi connectivity index (χ4n) is 1.99. The molecule has 2 aromatic carbocycles. The number of aromatic amines is 1. The highest BCUT2D eigenvalue weighted by molar-refractivity contribution is 6.08. The Labute approximate surface area is 114 Å². The number of anilines is 1. The first-order valence-electron chi connectivity index (χ1n) is 6.01. The molecule has 0 saturated heterocycles. The van der Waals surface area contributed by atoms with Gasteiger partial charge in [-0.05, 0) is 30.3 Å². The number of imidazole rings is 1. The van der Waals surface area contributed by atoms with Crippen molar-refractivity contribution in [2.45, 2.75) is 0 Å². The molecule has 0 radical (unpaired) electrons. The number of hydrogen-bond acceptors (Lipinski definition) is 3. The van der Waals surface area contributed by atoms with Crippen LogP contribution >= 0.6 is 0 Å². The molecule has 96 valence electrons. The van der Waals surface area contributed by atoms with Crippen molar-refractivity contribution >= 4 is 22.6 Å². The highest BCUT2D eigenvalue weighted by atomic mass is 16.1. The molecule has 1 aromatic heterocycles. The first kappa shape index (κ1) is 11.9. The molecule has 0 aliphatic carbocycles.